The van der Waals surface area contributed by atoms with Gasteiger partial charge in [-0.2, -0.15) is 0 Å². The highest BCUT2D eigenvalue weighted by Gasteiger charge is 2.27. The number of aliphatic hydroxyl groups excluding tert-OH is 1. The lowest BCUT2D eigenvalue weighted by atomic mass is 9.91. The van der Waals surface area contributed by atoms with Gasteiger partial charge in [-0.3, -0.25) is 0 Å². The van der Waals surface area contributed by atoms with Crippen LogP contribution in [0.4, 0.5) is 0 Å². The number of ether oxygens (including phenoxy) is 1. The number of hydrogen-bond donors (Lipinski definition) is 3. The minimum absolute atomic E-state index is 0.0199. The topological polar surface area (TPSA) is 75.7 Å². The van der Waals surface area contributed by atoms with E-state index in [1.807, 2.05) is 48.5 Å². The highest BCUT2D eigenvalue weighted by atomic mass is 16.5. The first-order valence-corrected chi connectivity index (χ1v) is 6.98. The van der Waals surface area contributed by atoms with E-state index in [0.29, 0.717) is 18.8 Å². The molecule has 1 atom stereocenters. The van der Waals surface area contributed by atoms with Crippen LogP contribution in [0.5, 0.6) is 5.75 Å². The Morgan fingerprint density at radius 1 is 1.05 bits per heavy atom. The summed E-state index contributed by atoms with van der Waals surface area (Å²) in [7, 11) is 0. The Kier molecular flexibility index (Phi) is 5.33. The van der Waals surface area contributed by atoms with Crippen LogP contribution in [-0.2, 0) is 12.2 Å². The smallest absolute Gasteiger partial charge is 0.119 e. The summed E-state index contributed by atoms with van der Waals surface area (Å²) in [5, 5.41) is 19.7. The van der Waals surface area contributed by atoms with E-state index < -0.39 is 5.60 Å². The average Bonchev–Trinajstić information content (AvgIpc) is 2.55. The first kappa shape index (κ1) is 15.5. The van der Waals surface area contributed by atoms with E-state index in [1.54, 1.807) is 6.07 Å². The summed E-state index contributed by atoms with van der Waals surface area (Å²) in [6, 6.07) is 16.6. The molecule has 4 heteroatoms. The average molecular weight is 287 g/mol. The molecule has 0 fully saturated rings. The lowest BCUT2D eigenvalue weighted by Gasteiger charge is -2.27. The summed E-state index contributed by atoms with van der Waals surface area (Å²) in [6.07, 6.45) is 0.400. The Morgan fingerprint density at radius 2 is 1.81 bits per heavy atom. The molecule has 2 aromatic carbocycles. The number of benzene rings is 2. The predicted octanol–water partition coefficient (Wildman–Crippen LogP) is 1.79. The third kappa shape index (κ3) is 4.04. The molecule has 0 aliphatic rings. The van der Waals surface area contributed by atoms with Gasteiger partial charge in [-0.25, -0.2) is 0 Å². The predicted molar refractivity (Wildman–Crippen MR) is 81.9 cm³/mol. The quantitative estimate of drug-likeness (QED) is 0.726. The van der Waals surface area contributed by atoms with Gasteiger partial charge in [0.05, 0.1) is 13.2 Å². The summed E-state index contributed by atoms with van der Waals surface area (Å²) < 4.78 is 5.64. The molecule has 0 aliphatic carbocycles. The fraction of sp³-hybridized carbons (Fsp3) is 0.294. The molecule has 4 N–H and O–H groups in total. The van der Waals surface area contributed by atoms with Gasteiger partial charge in [0.1, 0.15) is 11.4 Å². The van der Waals surface area contributed by atoms with Gasteiger partial charge in [0, 0.05) is 13.0 Å². The van der Waals surface area contributed by atoms with Crippen molar-refractivity contribution < 1.29 is 14.9 Å². The molecule has 0 bridgehead atoms. The fourth-order valence-electron chi connectivity index (χ4n) is 2.18. The maximum atomic E-state index is 10.6. The van der Waals surface area contributed by atoms with Gasteiger partial charge in [-0.15, -0.1) is 0 Å². The molecule has 4 nitrogen and oxygen atoms in total. The minimum Gasteiger partial charge on any atom is -0.493 e. The van der Waals surface area contributed by atoms with E-state index in [9.17, 15) is 5.11 Å². The van der Waals surface area contributed by atoms with Crippen molar-refractivity contribution >= 4 is 0 Å². The van der Waals surface area contributed by atoms with Crippen molar-refractivity contribution in [2.75, 3.05) is 13.2 Å². The largest absolute Gasteiger partial charge is 0.493 e. The van der Waals surface area contributed by atoms with E-state index in [-0.39, 0.29) is 13.2 Å². The second-order valence-electron chi connectivity index (χ2n) is 5.01. The maximum Gasteiger partial charge on any atom is 0.119 e. The van der Waals surface area contributed by atoms with E-state index in [4.69, 9.17) is 15.6 Å². The molecule has 0 spiro atoms. The Bertz CT molecular complexity index is 559. The van der Waals surface area contributed by atoms with Crippen LogP contribution in [0.2, 0.25) is 0 Å². The first-order valence-electron chi connectivity index (χ1n) is 6.98. The molecule has 112 valence electrons. The molecule has 0 heterocycles. The Hall–Kier alpha value is -1.88. The first-order chi connectivity index (χ1) is 10.2. The lowest BCUT2D eigenvalue weighted by molar-refractivity contribution is 0.0233. The van der Waals surface area contributed by atoms with Crippen LogP contribution >= 0.6 is 0 Å². The molecule has 0 amide bonds. The zero-order valence-electron chi connectivity index (χ0n) is 11.9. The molecule has 0 radical (unpaired) electrons. The van der Waals surface area contributed by atoms with Gasteiger partial charge in [-0.1, -0.05) is 42.5 Å². The number of nitrogens with two attached hydrogens (primary N) is 1. The molecule has 0 saturated heterocycles. The van der Waals surface area contributed by atoms with Gasteiger partial charge in [0.15, 0.2) is 0 Å². The molecule has 0 aromatic heterocycles. The lowest BCUT2D eigenvalue weighted by Crippen LogP contribution is -2.36. The summed E-state index contributed by atoms with van der Waals surface area (Å²) >= 11 is 0. The van der Waals surface area contributed by atoms with Gasteiger partial charge < -0.3 is 20.7 Å². The van der Waals surface area contributed by atoms with Crippen molar-refractivity contribution in [3.05, 3.63) is 65.7 Å². The van der Waals surface area contributed by atoms with Crippen molar-refractivity contribution in [1.82, 2.24) is 0 Å². The van der Waals surface area contributed by atoms with Crippen molar-refractivity contribution in [2.45, 2.75) is 18.6 Å². The van der Waals surface area contributed by atoms with Crippen molar-refractivity contribution in [1.29, 1.82) is 0 Å². The Balaban J connectivity index is 1.97. The number of rotatable bonds is 7. The van der Waals surface area contributed by atoms with Crippen LogP contribution in [0.3, 0.4) is 0 Å². The normalized spacial score (nSPS) is 13.7. The van der Waals surface area contributed by atoms with Crippen LogP contribution in [0.1, 0.15) is 17.5 Å². The summed E-state index contributed by atoms with van der Waals surface area (Å²) in [6.45, 7) is 0.461. The van der Waals surface area contributed by atoms with Crippen molar-refractivity contribution in [3.8, 4) is 5.75 Å². The second kappa shape index (κ2) is 7.22. The zero-order valence-corrected chi connectivity index (χ0v) is 11.9. The summed E-state index contributed by atoms with van der Waals surface area (Å²) in [5.41, 5.74) is 6.23. The highest BCUT2D eigenvalue weighted by molar-refractivity contribution is 5.28. The van der Waals surface area contributed by atoms with Crippen LogP contribution in [-0.4, -0.2) is 23.4 Å². The van der Waals surface area contributed by atoms with Crippen LogP contribution < -0.4 is 10.5 Å². The van der Waals surface area contributed by atoms with Gasteiger partial charge >= 0.3 is 0 Å². The van der Waals surface area contributed by atoms with Gasteiger partial charge in [-0.05, 0) is 23.3 Å². The van der Waals surface area contributed by atoms with Crippen molar-refractivity contribution in [3.63, 3.8) is 0 Å². The molecule has 0 aliphatic heterocycles. The van der Waals surface area contributed by atoms with E-state index >= 15 is 0 Å². The Labute approximate surface area is 124 Å². The third-order valence-corrected chi connectivity index (χ3v) is 3.51. The third-order valence-electron chi connectivity index (χ3n) is 3.51. The summed E-state index contributed by atoms with van der Waals surface area (Å²) in [4.78, 5) is 0. The number of aliphatic hydroxyl groups is 2. The van der Waals surface area contributed by atoms with Crippen LogP contribution in [0, 0.1) is 0 Å². The SMILES string of the molecule is NCC(O)(CCOc1cccc(CO)c1)c1ccccc1. The minimum atomic E-state index is -1.09. The van der Waals surface area contributed by atoms with E-state index in [2.05, 4.69) is 0 Å². The highest BCUT2D eigenvalue weighted by Crippen LogP contribution is 2.24. The van der Waals surface area contributed by atoms with Gasteiger partial charge in [0.25, 0.3) is 0 Å². The zero-order chi connectivity index (χ0) is 15.1. The molecule has 2 rings (SSSR count). The second-order valence-corrected chi connectivity index (χ2v) is 5.01. The molecule has 1 unspecified atom stereocenters. The monoisotopic (exact) mass is 287 g/mol. The van der Waals surface area contributed by atoms with Crippen LogP contribution in [0.25, 0.3) is 0 Å². The standard InChI is InChI=1S/C17H21NO3/c18-13-17(20,15-6-2-1-3-7-15)9-10-21-16-8-4-5-14(11-16)12-19/h1-8,11,19-20H,9-10,12-13,18H2. The van der Waals surface area contributed by atoms with Crippen LogP contribution in [0.15, 0.2) is 54.6 Å². The maximum absolute atomic E-state index is 10.6. The van der Waals surface area contributed by atoms with E-state index in [0.717, 1.165) is 11.1 Å². The fourth-order valence-corrected chi connectivity index (χ4v) is 2.18. The summed E-state index contributed by atoms with van der Waals surface area (Å²) in [5.74, 6) is 0.675. The van der Waals surface area contributed by atoms with E-state index in [1.165, 1.54) is 0 Å². The molecular weight excluding hydrogens is 266 g/mol. The van der Waals surface area contributed by atoms with Gasteiger partial charge in [0.2, 0.25) is 0 Å². The molecule has 0 saturated carbocycles. The van der Waals surface area contributed by atoms with Crippen molar-refractivity contribution in [2.24, 2.45) is 5.73 Å². The Morgan fingerprint density at radius 3 is 2.48 bits per heavy atom. The molecule has 2 aromatic rings. The molecule has 21 heavy (non-hydrogen) atoms. The number of hydrogen-bond acceptors (Lipinski definition) is 4. The molecular formula is C17H21NO3.